The third-order valence-corrected chi connectivity index (χ3v) is 5.36. The molecule has 1 aromatic heterocycles. The Bertz CT molecular complexity index is 758. The van der Waals surface area contributed by atoms with E-state index >= 15 is 0 Å². The summed E-state index contributed by atoms with van der Waals surface area (Å²) in [5.41, 5.74) is 2.00. The van der Waals surface area contributed by atoms with Gasteiger partial charge in [-0.2, -0.15) is 0 Å². The number of amides is 1. The Balaban J connectivity index is 2.35. The topological polar surface area (TPSA) is 79.4 Å². The van der Waals surface area contributed by atoms with Gasteiger partial charge in [-0.25, -0.2) is 17.7 Å². The quantitative estimate of drug-likeness (QED) is 0.922. The number of hydrogen-bond donors (Lipinski definition) is 1. The fourth-order valence-electron chi connectivity index (χ4n) is 1.48. The summed E-state index contributed by atoms with van der Waals surface area (Å²) in [6, 6.07) is 4.13. The van der Waals surface area contributed by atoms with Crippen LogP contribution in [-0.4, -0.2) is 37.7 Å². The highest BCUT2D eigenvalue weighted by Gasteiger charge is 2.19. The Morgan fingerprint density at radius 3 is 2.67 bits per heavy atom. The van der Waals surface area contributed by atoms with Crippen molar-refractivity contribution in [3.8, 4) is 0 Å². The third-order valence-electron chi connectivity index (χ3n) is 2.63. The van der Waals surface area contributed by atoms with Crippen LogP contribution in [0.15, 0.2) is 34.0 Å². The van der Waals surface area contributed by atoms with Gasteiger partial charge in [0.15, 0.2) is 0 Å². The highest BCUT2D eigenvalue weighted by atomic mass is 35.5. The van der Waals surface area contributed by atoms with Crippen LogP contribution in [0.3, 0.4) is 0 Å². The lowest BCUT2D eigenvalue weighted by Gasteiger charge is -2.13. The van der Waals surface area contributed by atoms with Crippen LogP contribution in [0.1, 0.15) is 10.5 Å². The number of carbonyl (C=O) groups excluding carboxylic acids is 1. The molecule has 1 N–H and O–H groups in total. The molecule has 0 bridgehead atoms. The van der Waals surface area contributed by atoms with Gasteiger partial charge in [0, 0.05) is 19.5 Å². The summed E-state index contributed by atoms with van der Waals surface area (Å²) in [5, 5.41) is 4.39. The van der Waals surface area contributed by atoms with Gasteiger partial charge in [0.1, 0.15) is 5.69 Å². The predicted molar refractivity (Wildman–Crippen MR) is 82.4 cm³/mol. The Labute approximate surface area is 131 Å². The van der Waals surface area contributed by atoms with Crippen molar-refractivity contribution >= 4 is 44.6 Å². The van der Waals surface area contributed by atoms with Crippen molar-refractivity contribution in [3.05, 3.63) is 39.8 Å². The van der Waals surface area contributed by atoms with Crippen LogP contribution in [0, 0.1) is 0 Å². The monoisotopic (exact) mass is 345 g/mol. The molecule has 21 heavy (non-hydrogen) atoms. The fraction of sp³-hybridized carbons (Fsp3) is 0.167. The Hall–Kier alpha value is -1.48. The van der Waals surface area contributed by atoms with E-state index in [1.54, 1.807) is 5.38 Å². The zero-order valence-electron chi connectivity index (χ0n) is 11.2. The summed E-state index contributed by atoms with van der Waals surface area (Å²) in [5.74, 6) is -0.447. The molecule has 0 spiro atoms. The molecule has 0 fully saturated rings. The minimum Gasteiger partial charge on any atom is -0.319 e. The van der Waals surface area contributed by atoms with Gasteiger partial charge in [-0.05, 0) is 18.2 Å². The molecule has 0 saturated carbocycles. The van der Waals surface area contributed by atoms with Crippen LogP contribution in [0.25, 0.3) is 0 Å². The van der Waals surface area contributed by atoms with Crippen LogP contribution in [0.5, 0.6) is 0 Å². The van der Waals surface area contributed by atoms with Gasteiger partial charge in [-0.15, -0.1) is 11.3 Å². The molecule has 1 aromatic carbocycles. The number of nitrogens with one attached hydrogen (secondary N) is 1. The first-order valence-corrected chi connectivity index (χ1v) is 8.50. The summed E-state index contributed by atoms with van der Waals surface area (Å²) in [6.45, 7) is 0. The van der Waals surface area contributed by atoms with Crippen LogP contribution in [-0.2, 0) is 10.0 Å². The number of halogens is 1. The van der Waals surface area contributed by atoms with E-state index in [1.807, 2.05) is 0 Å². The zero-order chi connectivity index (χ0) is 15.6. The number of sulfonamides is 1. The summed E-state index contributed by atoms with van der Waals surface area (Å²) >= 11 is 7.28. The van der Waals surface area contributed by atoms with E-state index in [2.05, 4.69) is 10.3 Å². The summed E-state index contributed by atoms with van der Waals surface area (Å²) in [6.07, 6.45) is 0. The minimum absolute atomic E-state index is 0.0467. The average Bonchev–Trinajstić information content (AvgIpc) is 2.94. The molecule has 1 heterocycles. The number of aromatic nitrogens is 1. The normalized spacial score (nSPS) is 11.6. The molecule has 9 heteroatoms. The summed E-state index contributed by atoms with van der Waals surface area (Å²) in [4.78, 5) is 15.9. The number of nitrogens with zero attached hydrogens (tertiary/aromatic N) is 2. The van der Waals surface area contributed by atoms with Gasteiger partial charge >= 0.3 is 0 Å². The first-order chi connectivity index (χ1) is 9.82. The Kier molecular flexibility index (Phi) is 4.62. The standard InChI is InChI=1S/C12H12ClN3O3S2/c1-16(2)21(18,19)8-3-4-9(13)10(5-8)15-12(17)11-6-20-7-14-11/h3-7H,1-2H3,(H,15,17). The van der Waals surface area contributed by atoms with Crippen molar-refractivity contribution in [1.29, 1.82) is 0 Å². The minimum atomic E-state index is -3.60. The van der Waals surface area contributed by atoms with Crippen LogP contribution >= 0.6 is 22.9 Å². The molecule has 0 radical (unpaired) electrons. The maximum Gasteiger partial charge on any atom is 0.275 e. The smallest absolute Gasteiger partial charge is 0.275 e. The molecule has 0 atom stereocenters. The SMILES string of the molecule is CN(C)S(=O)(=O)c1ccc(Cl)c(NC(=O)c2cscn2)c1. The van der Waals surface area contributed by atoms with Crippen molar-refractivity contribution in [2.24, 2.45) is 0 Å². The maximum absolute atomic E-state index is 12.1. The van der Waals surface area contributed by atoms with E-state index in [1.165, 1.54) is 49.1 Å². The number of anilines is 1. The number of benzene rings is 1. The van der Waals surface area contributed by atoms with Gasteiger partial charge in [0.05, 0.1) is 21.1 Å². The molecule has 1 amide bonds. The second-order valence-electron chi connectivity index (χ2n) is 4.26. The fourth-order valence-corrected chi connectivity index (χ4v) is 3.11. The number of hydrogen-bond acceptors (Lipinski definition) is 5. The van der Waals surface area contributed by atoms with Gasteiger partial charge in [-0.1, -0.05) is 11.6 Å². The van der Waals surface area contributed by atoms with Crippen LogP contribution in [0.4, 0.5) is 5.69 Å². The molecule has 2 rings (SSSR count). The highest BCUT2D eigenvalue weighted by molar-refractivity contribution is 7.89. The van der Waals surface area contributed by atoms with E-state index < -0.39 is 15.9 Å². The Morgan fingerprint density at radius 1 is 1.38 bits per heavy atom. The highest BCUT2D eigenvalue weighted by Crippen LogP contribution is 2.26. The van der Waals surface area contributed by atoms with Crippen LogP contribution < -0.4 is 5.32 Å². The van der Waals surface area contributed by atoms with Gasteiger partial charge in [-0.3, -0.25) is 4.79 Å². The molecule has 0 saturated heterocycles. The van der Waals surface area contributed by atoms with E-state index in [0.717, 1.165) is 4.31 Å². The second kappa shape index (κ2) is 6.10. The van der Waals surface area contributed by atoms with E-state index in [4.69, 9.17) is 11.6 Å². The molecular formula is C12H12ClN3O3S2. The molecule has 0 aliphatic heterocycles. The molecule has 0 aliphatic carbocycles. The van der Waals surface area contributed by atoms with Crippen molar-refractivity contribution in [2.75, 3.05) is 19.4 Å². The number of rotatable bonds is 4. The number of carbonyl (C=O) groups is 1. The van der Waals surface area contributed by atoms with Gasteiger partial charge in [0.25, 0.3) is 5.91 Å². The van der Waals surface area contributed by atoms with E-state index in [-0.39, 0.29) is 21.3 Å². The third kappa shape index (κ3) is 3.41. The molecule has 0 aliphatic rings. The van der Waals surface area contributed by atoms with Gasteiger partial charge in [0.2, 0.25) is 10.0 Å². The van der Waals surface area contributed by atoms with E-state index in [0.29, 0.717) is 0 Å². The molecule has 2 aromatic rings. The van der Waals surface area contributed by atoms with Crippen molar-refractivity contribution in [2.45, 2.75) is 4.90 Å². The number of thiazole rings is 1. The lowest BCUT2D eigenvalue weighted by atomic mass is 10.3. The van der Waals surface area contributed by atoms with Gasteiger partial charge < -0.3 is 5.32 Å². The van der Waals surface area contributed by atoms with Crippen molar-refractivity contribution in [1.82, 2.24) is 9.29 Å². The Morgan fingerprint density at radius 2 is 2.10 bits per heavy atom. The first kappa shape index (κ1) is 15.9. The lowest BCUT2D eigenvalue weighted by Crippen LogP contribution is -2.22. The van der Waals surface area contributed by atoms with Crippen LogP contribution in [0.2, 0.25) is 5.02 Å². The second-order valence-corrected chi connectivity index (χ2v) is 7.53. The molecular weight excluding hydrogens is 334 g/mol. The largest absolute Gasteiger partial charge is 0.319 e. The zero-order valence-corrected chi connectivity index (χ0v) is 13.6. The summed E-state index contributed by atoms with van der Waals surface area (Å²) in [7, 11) is -0.740. The summed E-state index contributed by atoms with van der Waals surface area (Å²) < 4.78 is 25.2. The predicted octanol–water partition coefficient (Wildman–Crippen LogP) is 2.30. The molecule has 6 nitrogen and oxygen atoms in total. The van der Waals surface area contributed by atoms with E-state index in [9.17, 15) is 13.2 Å². The molecule has 0 unspecified atom stereocenters. The van der Waals surface area contributed by atoms with Crippen molar-refractivity contribution in [3.63, 3.8) is 0 Å². The maximum atomic E-state index is 12.1. The molecule has 112 valence electrons. The average molecular weight is 346 g/mol. The van der Waals surface area contributed by atoms with Crippen molar-refractivity contribution < 1.29 is 13.2 Å². The first-order valence-electron chi connectivity index (χ1n) is 5.74. The lowest BCUT2D eigenvalue weighted by molar-refractivity contribution is 0.102.